The summed E-state index contributed by atoms with van der Waals surface area (Å²) < 4.78 is 10.6. The Bertz CT molecular complexity index is 953. The molecule has 0 atom stereocenters. The molecule has 152 valence electrons. The average molecular weight is 399 g/mol. The van der Waals surface area contributed by atoms with Gasteiger partial charge < -0.3 is 24.8 Å². The zero-order chi connectivity index (χ0) is 21.0. The largest absolute Gasteiger partial charge is 0.493 e. The zero-order valence-corrected chi connectivity index (χ0v) is 16.1. The number of nitrogens with one attached hydrogen (secondary N) is 1. The number of aromatic nitrogens is 1. The minimum Gasteiger partial charge on any atom is -0.493 e. The number of aromatic carboxylic acids is 1. The van der Waals surface area contributed by atoms with Crippen LogP contribution in [0.3, 0.4) is 0 Å². The number of carbonyl (C=O) groups is 3. The van der Waals surface area contributed by atoms with Gasteiger partial charge in [-0.15, -0.1) is 0 Å². The maximum Gasteiger partial charge on any atom is 0.335 e. The third kappa shape index (κ3) is 4.29. The third-order valence-electron chi connectivity index (χ3n) is 4.64. The standard InChI is InChI=1S/C20H21N3O6/c1-28-16-10-13(19(25)23-7-3-4-8-23)14(11-17(16)29-2)22-18(24)15-9-12(20(26)27)5-6-21-15/h5-6,9-11H,3-4,7-8H2,1-2H3,(H,22,24)(H,26,27). The van der Waals surface area contributed by atoms with E-state index >= 15 is 0 Å². The number of nitrogens with zero attached hydrogens (tertiary/aromatic N) is 2. The number of methoxy groups -OCH3 is 2. The number of ether oxygens (including phenoxy) is 2. The number of carboxylic acids is 1. The fourth-order valence-electron chi connectivity index (χ4n) is 3.12. The van der Waals surface area contributed by atoms with E-state index in [2.05, 4.69) is 10.3 Å². The maximum absolute atomic E-state index is 13.0. The molecule has 1 fully saturated rings. The van der Waals surface area contributed by atoms with Gasteiger partial charge in [0.15, 0.2) is 11.5 Å². The van der Waals surface area contributed by atoms with Crippen molar-refractivity contribution in [3.8, 4) is 11.5 Å². The highest BCUT2D eigenvalue weighted by molar-refractivity contribution is 6.09. The van der Waals surface area contributed by atoms with E-state index in [1.54, 1.807) is 4.90 Å². The van der Waals surface area contributed by atoms with E-state index in [9.17, 15) is 14.4 Å². The molecule has 2 amide bonds. The van der Waals surface area contributed by atoms with Gasteiger partial charge in [0.05, 0.1) is 31.0 Å². The number of anilines is 1. The lowest BCUT2D eigenvalue weighted by atomic mass is 10.1. The van der Waals surface area contributed by atoms with Crippen LogP contribution in [-0.4, -0.2) is 60.1 Å². The van der Waals surface area contributed by atoms with E-state index in [1.165, 1.54) is 44.7 Å². The van der Waals surface area contributed by atoms with Crippen LogP contribution in [0.1, 0.15) is 44.0 Å². The van der Waals surface area contributed by atoms with Gasteiger partial charge in [0.2, 0.25) is 0 Å². The van der Waals surface area contributed by atoms with Crippen molar-refractivity contribution >= 4 is 23.5 Å². The summed E-state index contributed by atoms with van der Waals surface area (Å²) in [6.07, 6.45) is 3.09. The highest BCUT2D eigenvalue weighted by Gasteiger charge is 2.25. The minimum absolute atomic E-state index is 0.0640. The first-order valence-electron chi connectivity index (χ1n) is 9.00. The van der Waals surface area contributed by atoms with Gasteiger partial charge in [-0.2, -0.15) is 0 Å². The normalized spacial score (nSPS) is 13.1. The van der Waals surface area contributed by atoms with Gasteiger partial charge in [0.25, 0.3) is 11.8 Å². The van der Waals surface area contributed by atoms with E-state index in [0.29, 0.717) is 24.6 Å². The highest BCUT2D eigenvalue weighted by Crippen LogP contribution is 2.34. The SMILES string of the molecule is COc1cc(NC(=O)c2cc(C(=O)O)ccn2)c(C(=O)N2CCCC2)cc1OC. The fraction of sp³-hybridized carbons (Fsp3) is 0.300. The van der Waals surface area contributed by atoms with Crippen LogP contribution in [0.15, 0.2) is 30.5 Å². The third-order valence-corrected chi connectivity index (χ3v) is 4.64. The number of hydrogen-bond acceptors (Lipinski definition) is 6. The van der Waals surface area contributed by atoms with Crippen molar-refractivity contribution in [3.63, 3.8) is 0 Å². The minimum atomic E-state index is -1.17. The molecule has 2 heterocycles. The second-order valence-electron chi connectivity index (χ2n) is 6.44. The Morgan fingerprint density at radius 3 is 2.34 bits per heavy atom. The lowest BCUT2D eigenvalue weighted by Crippen LogP contribution is -2.29. The second-order valence-corrected chi connectivity index (χ2v) is 6.44. The van der Waals surface area contributed by atoms with E-state index in [0.717, 1.165) is 12.8 Å². The number of amides is 2. The Hall–Kier alpha value is -3.62. The Morgan fingerprint density at radius 1 is 1.07 bits per heavy atom. The summed E-state index contributed by atoms with van der Waals surface area (Å²) in [4.78, 5) is 42.4. The molecule has 0 aliphatic carbocycles. The lowest BCUT2D eigenvalue weighted by molar-refractivity contribution is 0.0696. The first-order valence-corrected chi connectivity index (χ1v) is 9.00. The van der Waals surface area contributed by atoms with Crippen LogP contribution in [0.2, 0.25) is 0 Å². The number of pyridine rings is 1. The van der Waals surface area contributed by atoms with Crippen molar-refractivity contribution in [1.82, 2.24) is 9.88 Å². The summed E-state index contributed by atoms with van der Waals surface area (Å²) in [5.41, 5.74) is 0.337. The van der Waals surface area contributed by atoms with Crippen LogP contribution in [0.5, 0.6) is 11.5 Å². The quantitative estimate of drug-likeness (QED) is 0.765. The molecular formula is C20H21N3O6. The summed E-state index contributed by atoms with van der Waals surface area (Å²) in [5.74, 6) is -1.34. The smallest absolute Gasteiger partial charge is 0.335 e. The number of hydrogen-bond donors (Lipinski definition) is 2. The van der Waals surface area contributed by atoms with Crippen LogP contribution in [0.25, 0.3) is 0 Å². The van der Waals surface area contributed by atoms with E-state index in [1.807, 2.05) is 0 Å². The summed E-state index contributed by atoms with van der Waals surface area (Å²) in [6, 6.07) is 5.48. The van der Waals surface area contributed by atoms with Crippen molar-refractivity contribution in [1.29, 1.82) is 0 Å². The predicted octanol–water partition coefficient (Wildman–Crippen LogP) is 2.29. The van der Waals surface area contributed by atoms with Crippen molar-refractivity contribution in [2.24, 2.45) is 0 Å². The summed E-state index contributed by atoms with van der Waals surface area (Å²) in [6.45, 7) is 1.28. The van der Waals surface area contributed by atoms with Crippen LogP contribution < -0.4 is 14.8 Å². The van der Waals surface area contributed by atoms with Gasteiger partial charge in [0.1, 0.15) is 5.69 Å². The molecule has 9 heteroatoms. The monoisotopic (exact) mass is 399 g/mol. The molecule has 0 saturated carbocycles. The van der Waals surface area contributed by atoms with Crippen LogP contribution in [0, 0.1) is 0 Å². The van der Waals surface area contributed by atoms with Crippen molar-refractivity contribution in [2.45, 2.75) is 12.8 Å². The summed E-state index contributed by atoms with van der Waals surface area (Å²) in [5, 5.41) is 11.8. The fourth-order valence-corrected chi connectivity index (χ4v) is 3.12. The van der Waals surface area contributed by atoms with Gasteiger partial charge >= 0.3 is 5.97 Å². The average Bonchev–Trinajstić information content (AvgIpc) is 3.27. The Labute approximate surface area is 167 Å². The summed E-state index contributed by atoms with van der Waals surface area (Å²) in [7, 11) is 2.91. The number of carbonyl (C=O) groups excluding carboxylic acids is 2. The van der Waals surface area contributed by atoms with E-state index in [-0.39, 0.29) is 28.4 Å². The number of rotatable bonds is 6. The molecule has 2 N–H and O–H groups in total. The molecule has 1 aliphatic rings. The molecule has 0 spiro atoms. The Kier molecular flexibility index (Phi) is 5.96. The first-order chi connectivity index (χ1) is 13.9. The maximum atomic E-state index is 13.0. The van der Waals surface area contributed by atoms with Crippen molar-refractivity contribution in [3.05, 3.63) is 47.3 Å². The van der Waals surface area contributed by atoms with Crippen molar-refractivity contribution < 1.29 is 29.0 Å². The predicted molar refractivity (Wildman–Crippen MR) is 104 cm³/mol. The molecule has 9 nitrogen and oxygen atoms in total. The molecule has 29 heavy (non-hydrogen) atoms. The molecule has 1 aromatic carbocycles. The molecule has 0 bridgehead atoms. The molecule has 3 rings (SSSR count). The number of likely N-dealkylation sites (tertiary alicyclic amines) is 1. The van der Waals surface area contributed by atoms with Gasteiger partial charge in [-0.1, -0.05) is 0 Å². The second kappa shape index (κ2) is 8.59. The van der Waals surface area contributed by atoms with Crippen LogP contribution in [0.4, 0.5) is 5.69 Å². The molecular weight excluding hydrogens is 378 g/mol. The van der Waals surface area contributed by atoms with Gasteiger partial charge in [-0.3, -0.25) is 14.6 Å². The Morgan fingerprint density at radius 2 is 1.72 bits per heavy atom. The zero-order valence-electron chi connectivity index (χ0n) is 16.1. The highest BCUT2D eigenvalue weighted by atomic mass is 16.5. The Balaban J connectivity index is 1.98. The molecule has 0 radical (unpaired) electrons. The number of benzene rings is 1. The van der Waals surface area contributed by atoms with Gasteiger partial charge in [-0.25, -0.2) is 4.79 Å². The topological polar surface area (TPSA) is 118 Å². The molecule has 2 aromatic rings. The molecule has 1 aromatic heterocycles. The lowest BCUT2D eigenvalue weighted by Gasteiger charge is -2.20. The van der Waals surface area contributed by atoms with Crippen LogP contribution >= 0.6 is 0 Å². The first kappa shape index (κ1) is 20.1. The molecule has 1 aliphatic heterocycles. The van der Waals surface area contributed by atoms with Gasteiger partial charge in [0, 0.05) is 25.4 Å². The van der Waals surface area contributed by atoms with Crippen molar-refractivity contribution in [2.75, 3.05) is 32.6 Å². The molecule has 0 unspecified atom stereocenters. The van der Waals surface area contributed by atoms with E-state index < -0.39 is 11.9 Å². The van der Waals surface area contributed by atoms with Gasteiger partial charge in [-0.05, 0) is 31.0 Å². The molecule has 1 saturated heterocycles. The summed E-state index contributed by atoms with van der Waals surface area (Å²) >= 11 is 0. The number of carboxylic acid groups (broad SMARTS) is 1. The van der Waals surface area contributed by atoms with E-state index in [4.69, 9.17) is 14.6 Å². The van der Waals surface area contributed by atoms with Crippen LogP contribution in [-0.2, 0) is 0 Å².